The Hall–Kier alpha value is -2.05. The smallest absolute Gasteiger partial charge is 0.253 e. The van der Waals surface area contributed by atoms with Crippen molar-refractivity contribution in [1.29, 1.82) is 0 Å². The number of nitrogens with one attached hydrogen (secondary N) is 1. The number of halogens is 1. The molecule has 2 aromatic carbocycles. The number of hydrogen-bond donors (Lipinski definition) is 1. The number of amides is 1. The molecule has 1 atom stereocenters. The normalized spacial score (nSPS) is 12.5. The number of rotatable bonds is 6. The predicted octanol–water partition coefficient (Wildman–Crippen LogP) is 4.23. The van der Waals surface area contributed by atoms with Gasteiger partial charge in [-0.05, 0) is 55.2 Å². The van der Waals surface area contributed by atoms with Crippen LogP contribution in [0.25, 0.3) is 0 Å². The number of anilines is 1. The summed E-state index contributed by atoms with van der Waals surface area (Å²) in [6.07, 6.45) is 1.82. The Kier molecular flexibility index (Phi) is 6.54. The van der Waals surface area contributed by atoms with Gasteiger partial charge in [-0.15, -0.1) is 0 Å². The van der Waals surface area contributed by atoms with Gasteiger partial charge in [0.05, 0.1) is 28.6 Å². The first-order chi connectivity index (χ1) is 12.5. The first-order valence-corrected chi connectivity index (χ1v) is 10.9. The van der Waals surface area contributed by atoms with E-state index in [4.69, 9.17) is 11.6 Å². The Morgan fingerprint density at radius 1 is 1.15 bits per heavy atom. The fourth-order valence-electron chi connectivity index (χ4n) is 2.71. The van der Waals surface area contributed by atoms with Gasteiger partial charge in [-0.3, -0.25) is 9.10 Å². The molecule has 27 heavy (non-hydrogen) atoms. The van der Waals surface area contributed by atoms with Gasteiger partial charge in [-0.25, -0.2) is 8.42 Å². The van der Waals surface area contributed by atoms with E-state index in [9.17, 15) is 13.2 Å². The van der Waals surface area contributed by atoms with Crippen molar-refractivity contribution in [3.05, 3.63) is 63.7 Å². The molecule has 2 aromatic rings. The summed E-state index contributed by atoms with van der Waals surface area (Å²) in [5.74, 6) is -0.339. The minimum atomic E-state index is -3.43. The molecular weight excluding hydrogens is 384 g/mol. The molecule has 7 heteroatoms. The van der Waals surface area contributed by atoms with Gasteiger partial charge in [0.25, 0.3) is 5.91 Å². The molecule has 1 amide bonds. The predicted molar refractivity (Wildman–Crippen MR) is 111 cm³/mol. The van der Waals surface area contributed by atoms with Crippen LogP contribution in [-0.4, -0.2) is 27.6 Å². The maximum atomic E-state index is 12.8. The van der Waals surface area contributed by atoms with Crippen LogP contribution in [0.15, 0.2) is 36.4 Å². The van der Waals surface area contributed by atoms with E-state index in [-0.39, 0.29) is 22.5 Å². The number of hydrogen-bond acceptors (Lipinski definition) is 3. The Bertz CT molecular complexity index is 958. The third-order valence-corrected chi connectivity index (χ3v) is 6.24. The second-order valence-electron chi connectivity index (χ2n) is 6.67. The molecule has 0 aliphatic heterocycles. The number of aryl methyl sites for hydroxylation is 2. The molecule has 1 N–H and O–H groups in total. The van der Waals surface area contributed by atoms with Gasteiger partial charge < -0.3 is 5.32 Å². The van der Waals surface area contributed by atoms with Gasteiger partial charge in [0.1, 0.15) is 0 Å². The van der Waals surface area contributed by atoms with Crippen molar-refractivity contribution in [2.24, 2.45) is 0 Å². The van der Waals surface area contributed by atoms with Crippen LogP contribution in [0.3, 0.4) is 0 Å². The van der Waals surface area contributed by atoms with Crippen molar-refractivity contribution in [1.82, 2.24) is 5.32 Å². The summed E-state index contributed by atoms with van der Waals surface area (Å²) in [5, 5.41) is 3.27. The average Bonchev–Trinajstić information content (AvgIpc) is 2.61. The van der Waals surface area contributed by atoms with Gasteiger partial charge in [-0.1, -0.05) is 36.7 Å². The Morgan fingerprint density at radius 3 is 2.37 bits per heavy atom. The Balaban J connectivity index is 2.32. The van der Waals surface area contributed by atoms with Crippen LogP contribution >= 0.6 is 11.6 Å². The number of benzene rings is 2. The number of carbonyl (C=O) groups excluding carboxylic acids is 1. The van der Waals surface area contributed by atoms with E-state index in [1.54, 1.807) is 6.07 Å². The topological polar surface area (TPSA) is 66.5 Å². The van der Waals surface area contributed by atoms with Crippen LogP contribution in [-0.2, 0) is 10.0 Å². The summed E-state index contributed by atoms with van der Waals surface area (Å²) in [7, 11) is -2.00. The largest absolute Gasteiger partial charge is 0.345 e. The second kappa shape index (κ2) is 8.31. The van der Waals surface area contributed by atoms with E-state index in [0.717, 1.165) is 28.1 Å². The molecule has 5 nitrogen and oxygen atoms in total. The van der Waals surface area contributed by atoms with Gasteiger partial charge in [0, 0.05) is 7.05 Å². The first-order valence-electron chi connectivity index (χ1n) is 8.66. The quantitative estimate of drug-likeness (QED) is 0.777. The lowest BCUT2D eigenvalue weighted by atomic mass is 9.99. The van der Waals surface area contributed by atoms with E-state index in [1.165, 1.54) is 24.7 Å². The molecule has 0 saturated carbocycles. The molecule has 0 heterocycles. The average molecular weight is 409 g/mol. The van der Waals surface area contributed by atoms with E-state index in [0.29, 0.717) is 5.69 Å². The monoisotopic (exact) mass is 408 g/mol. The third-order valence-electron chi connectivity index (χ3n) is 4.70. The molecule has 0 bridgehead atoms. The van der Waals surface area contributed by atoms with Crippen molar-refractivity contribution < 1.29 is 13.2 Å². The van der Waals surface area contributed by atoms with Crippen LogP contribution < -0.4 is 9.62 Å². The third kappa shape index (κ3) is 5.02. The lowest BCUT2D eigenvalue weighted by Crippen LogP contribution is -2.29. The van der Waals surface area contributed by atoms with E-state index < -0.39 is 10.0 Å². The van der Waals surface area contributed by atoms with Crippen molar-refractivity contribution in [3.63, 3.8) is 0 Å². The Morgan fingerprint density at radius 2 is 1.81 bits per heavy atom. The molecule has 0 aliphatic rings. The fourth-order valence-corrected chi connectivity index (χ4v) is 3.41. The van der Waals surface area contributed by atoms with E-state index in [2.05, 4.69) is 11.4 Å². The van der Waals surface area contributed by atoms with Gasteiger partial charge in [0.2, 0.25) is 10.0 Å². The minimum Gasteiger partial charge on any atom is -0.345 e. The summed E-state index contributed by atoms with van der Waals surface area (Å²) in [5.41, 5.74) is 4.00. The minimum absolute atomic E-state index is 0.163. The lowest BCUT2D eigenvalue weighted by Gasteiger charge is -2.21. The highest BCUT2D eigenvalue weighted by atomic mass is 35.5. The lowest BCUT2D eigenvalue weighted by molar-refractivity contribution is 0.0935. The van der Waals surface area contributed by atoms with Gasteiger partial charge >= 0.3 is 0 Å². The molecule has 0 radical (unpaired) electrons. The van der Waals surface area contributed by atoms with E-state index in [1.807, 2.05) is 32.9 Å². The molecule has 0 aliphatic carbocycles. The second-order valence-corrected chi connectivity index (χ2v) is 9.09. The summed E-state index contributed by atoms with van der Waals surface area (Å²) in [6, 6.07) is 10.5. The van der Waals surface area contributed by atoms with Crippen LogP contribution in [0.4, 0.5) is 5.69 Å². The van der Waals surface area contributed by atoms with Crippen molar-refractivity contribution in [2.45, 2.75) is 33.2 Å². The standard InChI is InChI=1S/C20H25ClN2O3S/c1-6-19(15-8-7-13(2)14(3)11-15)22-20(24)17-12-16(9-10-18(17)21)23(4)27(5,25)26/h7-12,19H,6H2,1-5H3,(H,22,24)/t19-/m1/s1. The van der Waals surface area contributed by atoms with Crippen LogP contribution in [0, 0.1) is 13.8 Å². The SMILES string of the molecule is CC[C@@H](NC(=O)c1cc(N(C)S(C)(=O)=O)ccc1Cl)c1ccc(C)c(C)c1. The molecule has 146 valence electrons. The molecule has 0 aromatic heterocycles. The first kappa shape index (κ1) is 21.3. The highest BCUT2D eigenvalue weighted by molar-refractivity contribution is 7.92. The molecule has 0 fully saturated rings. The molecule has 0 unspecified atom stereocenters. The maximum absolute atomic E-state index is 12.8. The highest BCUT2D eigenvalue weighted by Crippen LogP contribution is 2.26. The highest BCUT2D eigenvalue weighted by Gasteiger charge is 2.19. The summed E-state index contributed by atoms with van der Waals surface area (Å²) in [4.78, 5) is 12.8. The summed E-state index contributed by atoms with van der Waals surface area (Å²) in [6.45, 7) is 6.08. The zero-order valence-electron chi connectivity index (χ0n) is 16.2. The van der Waals surface area contributed by atoms with Crippen LogP contribution in [0.1, 0.15) is 46.4 Å². The number of sulfonamides is 1. The van der Waals surface area contributed by atoms with Crippen molar-refractivity contribution >= 4 is 33.2 Å². The van der Waals surface area contributed by atoms with Crippen molar-refractivity contribution in [2.75, 3.05) is 17.6 Å². The summed E-state index contributed by atoms with van der Waals surface area (Å²) >= 11 is 6.20. The molecular formula is C20H25ClN2O3S. The van der Waals surface area contributed by atoms with Gasteiger partial charge in [-0.2, -0.15) is 0 Å². The number of nitrogens with zero attached hydrogens (tertiary/aromatic N) is 1. The zero-order chi connectivity index (χ0) is 20.4. The maximum Gasteiger partial charge on any atom is 0.253 e. The molecule has 0 saturated heterocycles. The zero-order valence-corrected chi connectivity index (χ0v) is 17.8. The van der Waals surface area contributed by atoms with Crippen LogP contribution in [0.2, 0.25) is 5.02 Å². The van der Waals surface area contributed by atoms with E-state index >= 15 is 0 Å². The van der Waals surface area contributed by atoms with Crippen molar-refractivity contribution in [3.8, 4) is 0 Å². The Labute approximate surface area is 166 Å². The summed E-state index contributed by atoms with van der Waals surface area (Å²) < 4.78 is 24.6. The fraction of sp³-hybridized carbons (Fsp3) is 0.350. The van der Waals surface area contributed by atoms with Gasteiger partial charge in [0.15, 0.2) is 0 Å². The number of carbonyl (C=O) groups is 1. The molecule has 2 rings (SSSR count). The molecule has 0 spiro atoms. The van der Waals surface area contributed by atoms with Crippen LogP contribution in [0.5, 0.6) is 0 Å².